The summed E-state index contributed by atoms with van der Waals surface area (Å²) in [4.78, 5) is 47.4. The average molecular weight is 377 g/mol. The molecule has 1 aliphatic heterocycles. The number of carboxylic acid groups (broad SMARTS) is 1. The van der Waals surface area contributed by atoms with Gasteiger partial charge in [0.05, 0.1) is 6.04 Å². The highest BCUT2D eigenvalue weighted by molar-refractivity contribution is 6.05. The second-order valence-electron chi connectivity index (χ2n) is 6.25. The highest BCUT2D eigenvalue weighted by Gasteiger charge is 2.50. The van der Waals surface area contributed by atoms with Crippen LogP contribution in [0.5, 0.6) is 0 Å². The minimum absolute atomic E-state index is 0.315. The van der Waals surface area contributed by atoms with E-state index in [9.17, 15) is 24.3 Å². The van der Waals surface area contributed by atoms with Crippen molar-refractivity contribution in [2.75, 3.05) is 6.54 Å². The fourth-order valence-corrected chi connectivity index (χ4v) is 2.50. The largest absolute Gasteiger partial charge is 0.480 e. The molecule has 5 N–H and O–H groups in total. The van der Waals surface area contributed by atoms with Crippen molar-refractivity contribution < 1.29 is 29.0 Å². The fourth-order valence-electron chi connectivity index (χ4n) is 2.50. The van der Waals surface area contributed by atoms with E-state index in [1.807, 2.05) is 6.92 Å². The van der Waals surface area contributed by atoms with Crippen LogP contribution in [0.3, 0.4) is 0 Å². The molecule has 146 valence electrons. The lowest BCUT2D eigenvalue weighted by Crippen LogP contribution is -2.53. The maximum atomic E-state index is 12.2. The molecule has 4 atom stereocenters. The lowest BCUT2D eigenvalue weighted by Gasteiger charge is -2.17. The maximum absolute atomic E-state index is 12.2. The summed E-state index contributed by atoms with van der Waals surface area (Å²) in [6.45, 7) is 1.51. The lowest BCUT2D eigenvalue weighted by atomic mass is 10.1. The van der Waals surface area contributed by atoms with Gasteiger partial charge >= 0.3 is 5.97 Å². The Labute approximate surface area is 156 Å². The molecule has 2 rings (SSSR count). The molecule has 9 nitrogen and oxygen atoms in total. The Hall–Kier alpha value is -2.78. The average Bonchev–Trinajstić information content (AvgIpc) is 3.45. The van der Waals surface area contributed by atoms with E-state index in [-0.39, 0.29) is 12.3 Å². The number of Topliss-reactive ketones (excluding diaryl/α,β-unsaturated/α-hetero) is 1. The number of carboxylic acids is 1. The van der Waals surface area contributed by atoms with Gasteiger partial charge in [0.2, 0.25) is 5.91 Å². The van der Waals surface area contributed by atoms with Gasteiger partial charge in [0.1, 0.15) is 6.04 Å². The third-order valence-corrected chi connectivity index (χ3v) is 4.10. The molecule has 1 aromatic rings. The Morgan fingerprint density at radius 3 is 2.44 bits per heavy atom. The zero-order valence-electron chi connectivity index (χ0n) is 14.9. The number of benzene rings is 1. The van der Waals surface area contributed by atoms with Crippen LogP contribution in [-0.2, 0) is 19.1 Å². The molecule has 0 bridgehead atoms. The zero-order chi connectivity index (χ0) is 20.0. The number of rotatable bonds is 10. The molecule has 0 spiro atoms. The number of ether oxygens (including phenoxy) is 1. The van der Waals surface area contributed by atoms with E-state index in [4.69, 9.17) is 10.5 Å². The quantitative estimate of drug-likeness (QED) is 0.315. The summed E-state index contributed by atoms with van der Waals surface area (Å²) < 4.78 is 5.12. The number of ketones is 1. The molecule has 1 fully saturated rings. The van der Waals surface area contributed by atoms with E-state index in [0.717, 1.165) is 0 Å². The summed E-state index contributed by atoms with van der Waals surface area (Å²) >= 11 is 0. The number of hydrogen-bond donors (Lipinski definition) is 4. The van der Waals surface area contributed by atoms with E-state index < -0.39 is 42.1 Å². The van der Waals surface area contributed by atoms with E-state index >= 15 is 0 Å². The third kappa shape index (κ3) is 5.60. The van der Waals surface area contributed by atoms with E-state index in [2.05, 4.69) is 10.6 Å². The molecule has 27 heavy (non-hydrogen) atoms. The molecule has 1 aliphatic rings. The van der Waals surface area contributed by atoms with Crippen molar-refractivity contribution in [1.82, 2.24) is 10.6 Å². The van der Waals surface area contributed by atoms with Crippen LogP contribution in [0, 0.1) is 0 Å². The van der Waals surface area contributed by atoms with Crippen molar-refractivity contribution in [3.05, 3.63) is 35.9 Å². The number of carbonyl (C=O) groups is 4. The van der Waals surface area contributed by atoms with Crippen LogP contribution in [0.15, 0.2) is 30.3 Å². The first-order valence-corrected chi connectivity index (χ1v) is 8.66. The van der Waals surface area contributed by atoms with Gasteiger partial charge in [-0.05, 0) is 6.42 Å². The summed E-state index contributed by atoms with van der Waals surface area (Å²) in [5.41, 5.74) is 6.08. The second-order valence-corrected chi connectivity index (χ2v) is 6.25. The molecular weight excluding hydrogens is 354 g/mol. The van der Waals surface area contributed by atoms with Gasteiger partial charge in [0, 0.05) is 12.1 Å². The van der Waals surface area contributed by atoms with Crippen LogP contribution in [0.2, 0.25) is 0 Å². The molecule has 2 unspecified atom stereocenters. The maximum Gasteiger partial charge on any atom is 0.328 e. The Balaban J connectivity index is 1.84. The Kier molecular flexibility index (Phi) is 7.03. The van der Waals surface area contributed by atoms with E-state index in [0.29, 0.717) is 18.4 Å². The Bertz CT molecular complexity index is 708. The smallest absolute Gasteiger partial charge is 0.328 e. The normalized spacial score (nSPS) is 20.2. The summed E-state index contributed by atoms with van der Waals surface area (Å²) in [6, 6.07) is 6.27. The van der Waals surface area contributed by atoms with Gasteiger partial charge in [-0.3, -0.25) is 14.4 Å². The molecule has 9 heteroatoms. The molecule has 0 radical (unpaired) electrons. The minimum atomic E-state index is -1.33. The van der Waals surface area contributed by atoms with Crippen LogP contribution >= 0.6 is 0 Å². The van der Waals surface area contributed by atoms with Crippen molar-refractivity contribution in [2.45, 2.75) is 44.1 Å². The summed E-state index contributed by atoms with van der Waals surface area (Å²) in [6.07, 6.45) is -0.753. The van der Waals surface area contributed by atoms with Crippen molar-refractivity contribution in [3.63, 3.8) is 0 Å². The monoisotopic (exact) mass is 377 g/mol. The lowest BCUT2D eigenvalue weighted by molar-refractivity contribution is -0.142. The molecule has 2 amide bonds. The van der Waals surface area contributed by atoms with Crippen LogP contribution in [0.1, 0.15) is 30.1 Å². The molecule has 1 saturated heterocycles. The molecule has 0 aromatic heterocycles. The summed E-state index contributed by atoms with van der Waals surface area (Å²) in [7, 11) is 0. The van der Waals surface area contributed by atoms with E-state index in [1.165, 1.54) is 0 Å². The predicted octanol–water partition coefficient (Wildman–Crippen LogP) is -0.550. The first kappa shape index (κ1) is 20.5. The number of hydrogen-bond acceptors (Lipinski definition) is 6. The fraction of sp³-hybridized carbons (Fsp3) is 0.444. The summed E-state index contributed by atoms with van der Waals surface area (Å²) in [5, 5.41) is 13.9. The third-order valence-electron chi connectivity index (χ3n) is 4.10. The van der Waals surface area contributed by atoms with Gasteiger partial charge in [-0.2, -0.15) is 0 Å². The highest BCUT2D eigenvalue weighted by Crippen LogP contribution is 2.26. The SMILES string of the molecule is CCC[C@H](N)C(=O)N[C@@H](CNC(=O)C1OC1C(=O)c1ccccc1)C(=O)O. The topological polar surface area (TPSA) is 151 Å². The predicted molar refractivity (Wildman–Crippen MR) is 94.9 cm³/mol. The second kappa shape index (κ2) is 9.24. The number of nitrogens with one attached hydrogen (secondary N) is 2. The van der Waals surface area contributed by atoms with Crippen molar-refractivity contribution in [3.8, 4) is 0 Å². The molecule has 1 aromatic carbocycles. The van der Waals surface area contributed by atoms with Crippen molar-refractivity contribution >= 4 is 23.6 Å². The molecule has 0 saturated carbocycles. The molecule has 0 aliphatic carbocycles. The number of amides is 2. The van der Waals surface area contributed by atoms with Gasteiger partial charge in [-0.25, -0.2) is 4.79 Å². The van der Waals surface area contributed by atoms with E-state index in [1.54, 1.807) is 30.3 Å². The Morgan fingerprint density at radius 1 is 1.19 bits per heavy atom. The van der Waals surface area contributed by atoms with Gasteiger partial charge in [0.25, 0.3) is 5.91 Å². The number of epoxide rings is 1. The van der Waals surface area contributed by atoms with Crippen LogP contribution in [0.4, 0.5) is 0 Å². The van der Waals surface area contributed by atoms with Gasteiger partial charge in [-0.1, -0.05) is 43.7 Å². The highest BCUT2D eigenvalue weighted by atomic mass is 16.6. The number of carbonyl (C=O) groups excluding carboxylic acids is 3. The summed E-state index contributed by atoms with van der Waals surface area (Å²) in [5.74, 6) is -2.83. The van der Waals surface area contributed by atoms with Crippen molar-refractivity contribution in [2.24, 2.45) is 5.73 Å². The van der Waals surface area contributed by atoms with Gasteiger partial charge in [-0.15, -0.1) is 0 Å². The van der Waals surface area contributed by atoms with Crippen LogP contribution in [0.25, 0.3) is 0 Å². The van der Waals surface area contributed by atoms with Crippen LogP contribution < -0.4 is 16.4 Å². The number of aliphatic carboxylic acids is 1. The Morgan fingerprint density at radius 2 is 1.85 bits per heavy atom. The zero-order valence-corrected chi connectivity index (χ0v) is 14.9. The first-order chi connectivity index (χ1) is 12.8. The van der Waals surface area contributed by atoms with Crippen LogP contribution in [-0.4, -0.2) is 59.5 Å². The standard InChI is InChI=1S/C18H23N3O6/c1-2-6-11(19)16(23)21-12(18(25)26)9-20-17(24)15-14(27-15)13(22)10-7-4-3-5-8-10/h3-5,7-8,11-12,14-15H,2,6,9,19H2,1H3,(H,20,24)(H,21,23)(H,25,26)/t11-,12-,14?,15?/m0/s1. The molecule has 1 heterocycles. The number of nitrogens with two attached hydrogens (primary N) is 1. The molecular formula is C18H23N3O6. The first-order valence-electron chi connectivity index (χ1n) is 8.66. The van der Waals surface area contributed by atoms with Gasteiger partial charge in [0.15, 0.2) is 18.0 Å². The van der Waals surface area contributed by atoms with Crippen molar-refractivity contribution in [1.29, 1.82) is 0 Å². The van der Waals surface area contributed by atoms with Gasteiger partial charge < -0.3 is 26.2 Å². The minimum Gasteiger partial charge on any atom is -0.480 e.